The van der Waals surface area contributed by atoms with Gasteiger partial charge in [-0.25, -0.2) is 4.79 Å². The number of aromatic nitrogens is 2. The van der Waals surface area contributed by atoms with E-state index in [1.165, 1.54) is 6.42 Å². The predicted molar refractivity (Wildman–Crippen MR) is 154 cm³/mol. The number of likely N-dealkylation sites (N-methyl/N-ethyl adjacent to an activating group) is 1. The van der Waals surface area contributed by atoms with E-state index in [4.69, 9.17) is 35.8 Å². The molecule has 39 heavy (non-hydrogen) atoms. The monoisotopic (exact) mass is 621 g/mol. The second-order valence-corrected chi connectivity index (χ2v) is 13.5. The fourth-order valence-corrected chi connectivity index (χ4v) is 6.54. The Hall–Kier alpha value is -2.04. The summed E-state index contributed by atoms with van der Waals surface area (Å²) in [4.78, 5) is 29.3. The summed E-state index contributed by atoms with van der Waals surface area (Å²) in [6.07, 6.45) is 6.16. The Balaban J connectivity index is 1.37. The zero-order valence-corrected chi connectivity index (χ0v) is 25.4. The van der Waals surface area contributed by atoms with Gasteiger partial charge in [0.2, 0.25) is 0 Å². The molecule has 0 radical (unpaired) electrons. The van der Waals surface area contributed by atoms with Crippen molar-refractivity contribution >= 4 is 50.3 Å². The fourth-order valence-electron chi connectivity index (χ4n) is 5.95. The second kappa shape index (κ2) is 10.4. The summed E-state index contributed by atoms with van der Waals surface area (Å²) in [7, 11) is 2.14. The lowest BCUT2D eigenvalue weighted by Gasteiger charge is -2.42. The number of amides is 1. The summed E-state index contributed by atoms with van der Waals surface area (Å²) in [5, 5.41) is 1.40. The number of hydrogen-bond donors (Lipinski definition) is 0. The maximum atomic E-state index is 12.9. The summed E-state index contributed by atoms with van der Waals surface area (Å²) < 4.78 is 19.0. The summed E-state index contributed by atoms with van der Waals surface area (Å²) >= 11 is 10.4. The van der Waals surface area contributed by atoms with E-state index in [0.29, 0.717) is 52.5 Å². The fraction of sp³-hybridized carbons (Fsp3) is 0.679. The first kappa shape index (κ1) is 27.1. The Morgan fingerprint density at radius 3 is 2.46 bits per heavy atom. The van der Waals surface area contributed by atoms with E-state index < -0.39 is 5.60 Å². The number of benzene rings is 1. The lowest BCUT2D eigenvalue weighted by atomic mass is 10.1. The van der Waals surface area contributed by atoms with Gasteiger partial charge in [0.05, 0.1) is 15.6 Å². The number of carbonyl (C=O) groups excluding carboxylic acids is 1. The van der Waals surface area contributed by atoms with Crippen molar-refractivity contribution in [3.05, 3.63) is 15.6 Å². The molecule has 3 saturated heterocycles. The van der Waals surface area contributed by atoms with E-state index in [9.17, 15) is 4.79 Å². The topological polar surface area (TPSA) is 80.3 Å². The van der Waals surface area contributed by atoms with Crippen LogP contribution in [0.3, 0.4) is 0 Å². The number of carbonyl (C=O) groups is 1. The van der Waals surface area contributed by atoms with E-state index in [2.05, 4.69) is 32.8 Å². The van der Waals surface area contributed by atoms with Gasteiger partial charge in [-0.05, 0) is 94.9 Å². The van der Waals surface area contributed by atoms with E-state index in [1.54, 1.807) is 0 Å². The van der Waals surface area contributed by atoms with Gasteiger partial charge in [0.25, 0.3) is 0 Å². The van der Waals surface area contributed by atoms with Crippen LogP contribution in [0.4, 0.5) is 10.6 Å². The molecule has 4 fully saturated rings. The molecule has 1 aromatic carbocycles. The number of halogens is 2. The van der Waals surface area contributed by atoms with Gasteiger partial charge in [-0.1, -0.05) is 11.6 Å². The van der Waals surface area contributed by atoms with Gasteiger partial charge >= 0.3 is 12.1 Å². The summed E-state index contributed by atoms with van der Waals surface area (Å²) in [5.74, 6) is 1.44. The molecule has 4 heterocycles. The van der Waals surface area contributed by atoms with Crippen molar-refractivity contribution in [2.45, 2.75) is 89.1 Å². The van der Waals surface area contributed by atoms with Crippen LogP contribution in [0.1, 0.15) is 59.3 Å². The van der Waals surface area contributed by atoms with Gasteiger partial charge < -0.3 is 28.9 Å². The summed E-state index contributed by atoms with van der Waals surface area (Å²) in [6.45, 7) is 8.47. The highest BCUT2D eigenvalue weighted by atomic mass is 79.9. The zero-order valence-electron chi connectivity index (χ0n) is 23.1. The Morgan fingerprint density at radius 2 is 1.85 bits per heavy atom. The van der Waals surface area contributed by atoms with Crippen LogP contribution in [0.25, 0.3) is 10.9 Å². The van der Waals surface area contributed by atoms with E-state index in [0.717, 1.165) is 49.9 Å². The second-order valence-electron chi connectivity index (χ2n) is 12.3. The van der Waals surface area contributed by atoms with Crippen LogP contribution < -0.4 is 14.4 Å². The van der Waals surface area contributed by atoms with Gasteiger partial charge in [0, 0.05) is 36.6 Å². The van der Waals surface area contributed by atoms with Crippen LogP contribution in [0.15, 0.2) is 10.5 Å². The number of hydrogen-bond acceptors (Lipinski definition) is 8. The van der Waals surface area contributed by atoms with Crippen molar-refractivity contribution in [3.8, 4) is 11.8 Å². The number of fused-ring (bicyclic) bond motifs is 3. The average Bonchev–Trinajstić information content (AvgIpc) is 3.54. The third-order valence-corrected chi connectivity index (χ3v) is 9.38. The first-order valence-corrected chi connectivity index (χ1v) is 15.2. The lowest BCUT2D eigenvalue weighted by Crippen LogP contribution is -2.56. The zero-order chi connectivity index (χ0) is 27.5. The van der Waals surface area contributed by atoms with Crippen molar-refractivity contribution in [3.63, 3.8) is 0 Å². The molecule has 2 unspecified atom stereocenters. The smallest absolute Gasteiger partial charge is 0.410 e. The third kappa shape index (κ3) is 5.61. The number of likely N-dealkylation sites (tertiary alicyclic amines) is 2. The highest BCUT2D eigenvalue weighted by molar-refractivity contribution is 9.10. The van der Waals surface area contributed by atoms with Crippen LogP contribution in [0, 0.1) is 0 Å². The molecule has 1 aromatic heterocycles. The Labute approximate surface area is 243 Å². The molecule has 2 bridgehead atoms. The SMILES string of the molecule is CN1CCC[C@H]1COc1nc(N2C3CCC2CN(C(=O)OC(C)(C)C)C3)c2cc(Cl)c(Br)c(OC3CC3)c2n1. The first-order chi connectivity index (χ1) is 18.6. The largest absolute Gasteiger partial charge is 0.487 e. The van der Waals surface area contributed by atoms with Crippen LogP contribution in [0.5, 0.6) is 11.8 Å². The van der Waals surface area contributed by atoms with E-state index in [1.807, 2.05) is 31.7 Å². The predicted octanol–water partition coefficient (Wildman–Crippen LogP) is 5.65. The molecule has 212 valence electrons. The number of anilines is 1. The molecule has 0 spiro atoms. The van der Waals surface area contributed by atoms with Gasteiger partial charge in [0.1, 0.15) is 23.5 Å². The molecule has 1 amide bonds. The molecule has 0 N–H and O–H groups in total. The standard InChI is InChI=1S/C28H37BrClN5O4/c1-28(2,3)39-27(36)34-13-16-7-8-17(14-34)35(16)25-20-12-21(30)22(29)24(38-19-9-10-19)23(20)31-26(32-25)37-15-18-6-5-11-33(18)4/h12,16-19H,5-11,13-15H2,1-4H3/t16?,17?,18-/m0/s1. The van der Waals surface area contributed by atoms with Gasteiger partial charge in [-0.15, -0.1) is 0 Å². The summed E-state index contributed by atoms with van der Waals surface area (Å²) in [5.41, 5.74) is 0.171. The minimum atomic E-state index is -0.530. The number of rotatable bonds is 6. The lowest BCUT2D eigenvalue weighted by molar-refractivity contribution is 0.0209. The van der Waals surface area contributed by atoms with Crippen molar-refractivity contribution in [2.75, 3.05) is 38.2 Å². The Morgan fingerprint density at radius 1 is 1.13 bits per heavy atom. The van der Waals surface area contributed by atoms with Crippen LogP contribution >= 0.6 is 27.5 Å². The van der Waals surface area contributed by atoms with Crippen molar-refractivity contribution in [1.82, 2.24) is 19.8 Å². The van der Waals surface area contributed by atoms with Gasteiger partial charge in [-0.3, -0.25) is 0 Å². The minimum Gasteiger partial charge on any atom is -0.487 e. The minimum absolute atomic E-state index is 0.110. The van der Waals surface area contributed by atoms with Crippen LogP contribution in [-0.4, -0.2) is 89.0 Å². The number of ether oxygens (including phenoxy) is 3. The molecule has 3 atom stereocenters. The molecule has 4 aliphatic rings. The maximum Gasteiger partial charge on any atom is 0.410 e. The maximum absolute atomic E-state index is 12.9. The highest BCUT2D eigenvalue weighted by Gasteiger charge is 2.44. The van der Waals surface area contributed by atoms with Crippen LogP contribution in [0.2, 0.25) is 5.02 Å². The van der Waals surface area contributed by atoms with Gasteiger partial charge in [-0.2, -0.15) is 9.97 Å². The molecular weight excluding hydrogens is 586 g/mol. The third-order valence-electron chi connectivity index (χ3n) is 8.06. The first-order valence-electron chi connectivity index (χ1n) is 14.0. The van der Waals surface area contributed by atoms with E-state index >= 15 is 0 Å². The summed E-state index contributed by atoms with van der Waals surface area (Å²) in [6, 6.07) is 2.84. The average molecular weight is 623 g/mol. The Bertz CT molecular complexity index is 1250. The Kier molecular flexibility index (Phi) is 7.25. The number of nitrogens with zero attached hydrogens (tertiary/aromatic N) is 5. The number of piperazine rings is 1. The van der Waals surface area contributed by atoms with Crippen LogP contribution in [-0.2, 0) is 4.74 Å². The quantitative estimate of drug-likeness (QED) is 0.409. The van der Waals surface area contributed by atoms with Crippen molar-refractivity contribution in [2.24, 2.45) is 0 Å². The molecule has 2 aromatic rings. The molecular formula is C28H37BrClN5O4. The van der Waals surface area contributed by atoms with E-state index in [-0.39, 0.29) is 24.3 Å². The molecule has 11 heteroatoms. The van der Waals surface area contributed by atoms with Crippen molar-refractivity contribution < 1.29 is 19.0 Å². The normalized spacial score (nSPS) is 25.4. The highest BCUT2D eigenvalue weighted by Crippen LogP contribution is 2.46. The van der Waals surface area contributed by atoms with Gasteiger partial charge in [0.15, 0.2) is 5.75 Å². The molecule has 3 aliphatic heterocycles. The van der Waals surface area contributed by atoms with Crippen molar-refractivity contribution in [1.29, 1.82) is 0 Å². The molecule has 9 nitrogen and oxygen atoms in total. The molecule has 6 rings (SSSR count). The molecule has 1 aliphatic carbocycles. The molecule has 1 saturated carbocycles.